The Labute approximate surface area is 153 Å². The Hall–Kier alpha value is -3.10. The highest BCUT2D eigenvalue weighted by Gasteiger charge is 2.04. The molecule has 0 aliphatic rings. The zero-order chi connectivity index (χ0) is 18.2. The van der Waals surface area contributed by atoms with E-state index in [2.05, 4.69) is 33.9 Å². The first-order valence-corrected chi connectivity index (χ1v) is 8.63. The molecular weight excluding hydrogens is 324 g/mol. The minimum absolute atomic E-state index is 0.336. The van der Waals surface area contributed by atoms with Crippen LogP contribution in [0.5, 0.6) is 5.75 Å². The van der Waals surface area contributed by atoms with Gasteiger partial charge in [-0.3, -0.25) is 0 Å². The first-order chi connectivity index (χ1) is 12.7. The number of imidazole rings is 1. The normalized spacial score (nSPS) is 11.7. The number of ether oxygens (including phenoxy) is 1. The van der Waals surface area contributed by atoms with Crippen molar-refractivity contribution < 1.29 is 4.74 Å². The molecular formula is C21H22N4O. The van der Waals surface area contributed by atoms with Crippen LogP contribution in [-0.4, -0.2) is 15.6 Å². The predicted molar refractivity (Wildman–Crippen MR) is 100 cm³/mol. The molecule has 1 heterocycles. The molecule has 0 amide bonds. The van der Waals surface area contributed by atoms with Crippen molar-refractivity contribution in [3.05, 3.63) is 83.9 Å². The van der Waals surface area contributed by atoms with Crippen LogP contribution in [0.3, 0.4) is 0 Å². The van der Waals surface area contributed by atoms with Crippen LogP contribution < -0.4 is 10.1 Å². The standard InChI is InChI=1S/C21H22N4O/c1-17(14-25-9-8-23-16-25)24-13-19-5-3-7-21(11-19)26-15-20-6-2-4-18(10-20)12-22/h2-11,16-17,24H,13-15H2,1H3/t17-/m1/s1. The largest absolute Gasteiger partial charge is 0.489 e. The molecule has 132 valence electrons. The topological polar surface area (TPSA) is 62.9 Å². The fourth-order valence-corrected chi connectivity index (χ4v) is 2.71. The second-order valence-electron chi connectivity index (χ2n) is 6.29. The van der Waals surface area contributed by atoms with E-state index >= 15 is 0 Å². The maximum absolute atomic E-state index is 8.97. The molecule has 3 aromatic rings. The highest BCUT2D eigenvalue weighted by Crippen LogP contribution is 2.16. The lowest BCUT2D eigenvalue weighted by Crippen LogP contribution is -2.29. The van der Waals surface area contributed by atoms with Gasteiger partial charge in [0.15, 0.2) is 0 Å². The van der Waals surface area contributed by atoms with Crippen LogP contribution in [0.2, 0.25) is 0 Å². The molecule has 0 unspecified atom stereocenters. The zero-order valence-corrected chi connectivity index (χ0v) is 14.8. The van der Waals surface area contributed by atoms with Crippen LogP contribution in [0.25, 0.3) is 0 Å². The van der Waals surface area contributed by atoms with E-state index in [1.807, 2.05) is 48.9 Å². The molecule has 2 aromatic carbocycles. The number of nitriles is 1. The highest BCUT2D eigenvalue weighted by molar-refractivity contribution is 5.33. The second-order valence-corrected chi connectivity index (χ2v) is 6.29. The summed E-state index contributed by atoms with van der Waals surface area (Å²) in [6.45, 7) is 4.26. The minimum Gasteiger partial charge on any atom is -0.489 e. The van der Waals surface area contributed by atoms with E-state index in [4.69, 9.17) is 10.00 Å². The highest BCUT2D eigenvalue weighted by atomic mass is 16.5. The number of nitrogens with one attached hydrogen (secondary N) is 1. The van der Waals surface area contributed by atoms with E-state index in [1.54, 1.807) is 12.3 Å². The number of rotatable bonds is 8. The van der Waals surface area contributed by atoms with E-state index in [1.165, 1.54) is 5.56 Å². The Morgan fingerprint density at radius 3 is 2.85 bits per heavy atom. The number of hydrogen-bond donors (Lipinski definition) is 1. The summed E-state index contributed by atoms with van der Waals surface area (Å²) in [7, 11) is 0. The fraction of sp³-hybridized carbons (Fsp3) is 0.238. The third kappa shape index (κ3) is 5.20. The van der Waals surface area contributed by atoms with Crippen molar-refractivity contribution in [2.45, 2.75) is 32.7 Å². The van der Waals surface area contributed by atoms with Gasteiger partial charge in [-0.15, -0.1) is 0 Å². The molecule has 0 saturated carbocycles. The van der Waals surface area contributed by atoms with E-state index in [9.17, 15) is 0 Å². The van der Waals surface area contributed by atoms with Crippen molar-refractivity contribution in [2.24, 2.45) is 0 Å². The SMILES string of the molecule is C[C@H](Cn1ccnc1)NCc1cccc(OCc2cccc(C#N)c2)c1. The smallest absolute Gasteiger partial charge is 0.120 e. The molecule has 0 saturated heterocycles. The summed E-state index contributed by atoms with van der Waals surface area (Å²) in [6.07, 6.45) is 5.59. The maximum atomic E-state index is 8.97. The van der Waals surface area contributed by atoms with E-state index < -0.39 is 0 Å². The summed E-state index contributed by atoms with van der Waals surface area (Å²) in [5, 5.41) is 12.5. The quantitative estimate of drug-likeness (QED) is 0.678. The van der Waals surface area contributed by atoms with Gasteiger partial charge in [0.1, 0.15) is 12.4 Å². The van der Waals surface area contributed by atoms with Crippen molar-refractivity contribution in [3.8, 4) is 11.8 Å². The average Bonchev–Trinajstić information content (AvgIpc) is 3.18. The lowest BCUT2D eigenvalue weighted by molar-refractivity contribution is 0.305. The number of aromatic nitrogens is 2. The van der Waals surface area contributed by atoms with Crippen molar-refractivity contribution in [3.63, 3.8) is 0 Å². The summed E-state index contributed by atoms with van der Waals surface area (Å²) >= 11 is 0. The molecule has 1 aromatic heterocycles. The van der Waals surface area contributed by atoms with Gasteiger partial charge in [0.05, 0.1) is 18.0 Å². The molecule has 26 heavy (non-hydrogen) atoms. The third-order valence-electron chi connectivity index (χ3n) is 4.06. The fourth-order valence-electron chi connectivity index (χ4n) is 2.71. The maximum Gasteiger partial charge on any atom is 0.120 e. The van der Waals surface area contributed by atoms with Gasteiger partial charge in [0.25, 0.3) is 0 Å². The average molecular weight is 346 g/mol. The van der Waals surface area contributed by atoms with Crippen molar-refractivity contribution >= 4 is 0 Å². The summed E-state index contributed by atoms with van der Waals surface area (Å²) in [5.74, 6) is 0.828. The van der Waals surface area contributed by atoms with E-state index in [0.29, 0.717) is 18.2 Å². The van der Waals surface area contributed by atoms with Crippen molar-refractivity contribution in [2.75, 3.05) is 0 Å². The molecule has 0 fully saturated rings. The number of hydrogen-bond acceptors (Lipinski definition) is 4. The molecule has 0 spiro atoms. The van der Waals surface area contributed by atoms with Gasteiger partial charge < -0.3 is 14.6 Å². The van der Waals surface area contributed by atoms with Crippen LogP contribution in [0.4, 0.5) is 0 Å². The Kier molecular flexibility index (Phi) is 6.02. The molecule has 0 radical (unpaired) electrons. The van der Waals surface area contributed by atoms with Gasteiger partial charge in [0, 0.05) is 31.5 Å². The third-order valence-corrected chi connectivity index (χ3v) is 4.06. The van der Waals surface area contributed by atoms with E-state index in [-0.39, 0.29) is 0 Å². The molecule has 0 aliphatic heterocycles. The van der Waals surface area contributed by atoms with Gasteiger partial charge in [-0.05, 0) is 42.3 Å². The summed E-state index contributed by atoms with van der Waals surface area (Å²) in [6, 6.07) is 18.0. The summed E-state index contributed by atoms with van der Waals surface area (Å²) in [4.78, 5) is 4.06. The molecule has 3 rings (SSSR count). The zero-order valence-electron chi connectivity index (χ0n) is 14.8. The summed E-state index contributed by atoms with van der Waals surface area (Å²) in [5.41, 5.74) is 2.81. The van der Waals surface area contributed by atoms with Gasteiger partial charge in [-0.1, -0.05) is 24.3 Å². The monoisotopic (exact) mass is 346 g/mol. The van der Waals surface area contributed by atoms with Gasteiger partial charge in [-0.2, -0.15) is 5.26 Å². The van der Waals surface area contributed by atoms with Crippen molar-refractivity contribution in [1.29, 1.82) is 5.26 Å². The molecule has 0 aliphatic carbocycles. The minimum atomic E-state index is 0.336. The van der Waals surface area contributed by atoms with Gasteiger partial charge >= 0.3 is 0 Å². The predicted octanol–water partition coefficient (Wildman–Crippen LogP) is 3.51. The van der Waals surface area contributed by atoms with Crippen LogP contribution in [0, 0.1) is 11.3 Å². The van der Waals surface area contributed by atoms with E-state index in [0.717, 1.165) is 24.4 Å². The molecule has 5 heteroatoms. The summed E-state index contributed by atoms with van der Waals surface area (Å²) < 4.78 is 7.94. The Morgan fingerprint density at radius 1 is 1.19 bits per heavy atom. The van der Waals surface area contributed by atoms with Crippen LogP contribution in [-0.2, 0) is 19.7 Å². The molecule has 1 atom stereocenters. The molecule has 0 bridgehead atoms. The van der Waals surface area contributed by atoms with Crippen LogP contribution in [0.15, 0.2) is 67.3 Å². The first-order valence-electron chi connectivity index (χ1n) is 8.63. The number of nitrogens with zero attached hydrogens (tertiary/aromatic N) is 3. The Bertz CT molecular complexity index is 868. The lowest BCUT2D eigenvalue weighted by atomic mass is 10.1. The molecule has 5 nitrogen and oxygen atoms in total. The number of benzene rings is 2. The lowest BCUT2D eigenvalue weighted by Gasteiger charge is -2.15. The van der Waals surface area contributed by atoms with Gasteiger partial charge in [-0.25, -0.2) is 4.98 Å². The Balaban J connectivity index is 1.52. The van der Waals surface area contributed by atoms with Gasteiger partial charge in [0.2, 0.25) is 0 Å². The first kappa shape index (κ1) is 17.7. The second kappa shape index (κ2) is 8.84. The van der Waals surface area contributed by atoms with Crippen molar-refractivity contribution in [1.82, 2.24) is 14.9 Å². The molecule has 1 N–H and O–H groups in total. The Morgan fingerprint density at radius 2 is 2.04 bits per heavy atom. The van der Waals surface area contributed by atoms with Crippen LogP contribution in [0.1, 0.15) is 23.6 Å². The van der Waals surface area contributed by atoms with Crippen LogP contribution >= 0.6 is 0 Å².